The lowest BCUT2D eigenvalue weighted by molar-refractivity contribution is -0.123. The van der Waals surface area contributed by atoms with Crippen LogP contribution in [0.5, 0.6) is 5.75 Å². The molecule has 0 spiro atoms. The highest BCUT2D eigenvalue weighted by molar-refractivity contribution is 5.98. The van der Waals surface area contributed by atoms with Crippen LogP contribution in [0.4, 0.5) is 14.5 Å². The normalized spacial score (nSPS) is 11.8. The monoisotopic (exact) mass is 429 g/mol. The molecule has 0 radical (unpaired) electrons. The number of aromatic nitrogens is 2. The van der Waals surface area contributed by atoms with E-state index in [0.717, 1.165) is 5.69 Å². The molecule has 1 amide bonds. The molecular formula is C22H21F2N3O4. The standard InChI is InChI=1S/C22H21F2N3O4/c1-13-19(14(2)27(26-13)16-9-5-4-6-10-16)21(29)30-15(3)20(28)25-17-11-7-8-12-18(17)31-22(23)24/h4-12,15,22H,1-3H3,(H,25,28). The third-order valence-electron chi connectivity index (χ3n) is 4.51. The number of para-hydroxylation sites is 3. The first-order chi connectivity index (χ1) is 14.8. The zero-order valence-corrected chi connectivity index (χ0v) is 17.1. The predicted octanol–water partition coefficient (Wildman–Crippen LogP) is 4.27. The molecule has 3 rings (SSSR count). The van der Waals surface area contributed by atoms with Gasteiger partial charge < -0.3 is 14.8 Å². The van der Waals surface area contributed by atoms with Crippen LogP contribution in [0.15, 0.2) is 54.6 Å². The van der Waals surface area contributed by atoms with E-state index >= 15 is 0 Å². The SMILES string of the molecule is Cc1nn(-c2ccccc2)c(C)c1C(=O)OC(C)C(=O)Nc1ccccc1OC(F)F. The van der Waals surface area contributed by atoms with Crippen LogP contribution >= 0.6 is 0 Å². The zero-order valence-electron chi connectivity index (χ0n) is 17.1. The van der Waals surface area contributed by atoms with Gasteiger partial charge in [-0.3, -0.25) is 4.79 Å². The van der Waals surface area contributed by atoms with Crippen LogP contribution in [0.3, 0.4) is 0 Å². The second kappa shape index (κ2) is 9.38. The van der Waals surface area contributed by atoms with Gasteiger partial charge in [0.05, 0.1) is 22.8 Å². The van der Waals surface area contributed by atoms with Crippen molar-refractivity contribution in [2.45, 2.75) is 33.5 Å². The number of alkyl halides is 2. The number of rotatable bonds is 7. The van der Waals surface area contributed by atoms with Crippen LogP contribution in [0, 0.1) is 13.8 Å². The van der Waals surface area contributed by atoms with Crippen molar-refractivity contribution in [2.75, 3.05) is 5.32 Å². The fourth-order valence-corrected chi connectivity index (χ4v) is 3.03. The van der Waals surface area contributed by atoms with Gasteiger partial charge in [-0.1, -0.05) is 30.3 Å². The fourth-order valence-electron chi connectivity index (χ4n) is 3.03. The summed E-state index contributed by atoms with van der Waals surface area (Å²) >= 11 is 0. The van der Waals surface area contributed by atoms with Crippen LogP contribution in [-0.4, -0.2) is 34.4 Å². The van der Waals surface area contributed by atoms with E-state index in [1.807, 2.05) is 30.3 Å². The van der Waals surface area contributed by atoms with E-state index in [1.54, 1.807) is 24.6 Å². The number of hydrogen-bond donors (Lipinski definition) is 1. The molecule has 7 nitrogen and oxygen atoms in total. The summed E-state index contributed by atoms with van der Waals surface area (Å²) in [4.78, 5) is 25.2. The second-order valence-electron chi connectivity index (χ2n) is 6.70. The first-order valence-electron chi connectivity index (χ1n) is 9.45. The summed E-state index contributed by atoms with van der Waals surface area (Å²) in [5.74, 6) is -1.60. The molecule has 0 saturated carbocycles. The maximum absolute atomic E-state index is 12.7. The minimum Gasteiger partial charge on any atom is -0.449 e. The van der Waals surface area contributed by atoms with Crippen molar-refractivity contribution < 1.29 is 27.8 Å². The Morgan fingerprint density at radius 3 is 2.35 bits per heavy atom. The molecule has 3 aromatic rings. The summed E-state index contributed by atoms with van der Waals surface area (Å²) < 4.78 is 36.4. The summed E-state index contributed by atoms with van der Waals surface area (Å²) in [6.45, 7) is 1.74. The van der Waals surface area contributed by atoms with Crippen molar-refractivity contribution in [3.63, 3.8) is 0 Å². The van der Waals surface area contributed by atoms with Crippen molar-refractivity contribution in [1.82, 2.24) is 9.78 Å². The highest BCUT2D eigenvalue weighted by Crippen LogP contribution is 2.26. The number of esters is 1. The molecule has 9 heteroatoms. The highest BCUT2D eigenvalue weighted by atomic mass is 19.3. The fraction of sp³-hybridized carbons (Fsp3) is 0.227. The average molecular weight is 429 g/mol. The Morgan fingerprint density at radius 2 is 1.68 bits per heavy atom. The van der Waals surface area contributed by atoms with E-state index < -0.39 is 24.6 Å². The number of hydrogen-bond acceptors (Lipinski definition) is 5. The molecule has 31 heavy (non-hydrogen) atoms. The van der Waals surface area contributed by atoms with E-state index in [0.29, 0.717) is 11.4 Å². The summed E-state index contributed by atoms with van der Waals surface area (Å²) in [6, 6.07) is 15.0. The van der Waals surface area contributed by atoms with Gasteiger partial charge in [-0.05, 0) is 45.0 Å². The van der Waals surface area contributed by atoms with Gasteiger partial charge in [-0.15, -0.1) is 0 Å². The quantitative estimate of drug-likeness (QED) is 0.567. The number of halogens is 2. The average Bonchev–Trinajstić information content (AvgIpc) is 3.03. The molecule has 162 valence electrons. The molecule has 1 unspecified atom stereocenters. The molecule has 0 aliphatic heterocycles. The lowest BCUT2D eigenvalue weighted by Gasteiger charge is -2.16. The lowest BCUT2D eigenvalue weighted by atomic mass is 10.2. The number of nitrogens with one attached hydrogen (secondary N) is 1. The first-order valence-corrected chi connectivity index (χ1v) is 9.45. The van der Waals surface area contributed by atoms with Crippen LogP contribution in [0.25, 0.3) is 5.69 Å². The van der Waals surface area contributed by atoms with Crippen molar-refractivity contribution in [1.29, 1.82) is 0 Å². The van der Waals surface area contributed by atoms with Crippen molar-refractivity contribution >= 4 is 17.6 Å². The van der Waals surface area contributed by atoms with Crippen molar-refractivity contribution in [3.05, 3.63) is 71.5 Å². The van der Waals surface area contributed by atoms with Crippen LogP contribution in [0.1, 0.15) is 28.7 Å². The summed E-state index contributed by atoms with van der Waals surface area (Å²) in [5.41, 5.74) is 2.10. The second-order valence-corrected chi connectivity index (χ2v) is 6.70. The smallest absolute Gasteiger partial charge is 0.387 e. The largest absolute Gasteiger partial charge is 0.449 e. The molecule has 1 aromatic heterocycles. The maximum atomic E-state index is 12.7. The van der Waals surface area contributed by atoms with E-state index in [1.165, 1.54) is 25.1 Å². The molecule has 1 N–H and O–H groups in total. The van der Waals surface area contributed by atoms with Gasteiger partial charge in [-0.2, -0.15) is 13.9 Å². The van der Waals surface area contributed by atoms with Crippen LogP contribution in [-0.2, 0) is 9.53 Å². The van der Waals surface area contributed by atoms with E-state index in [9.17, 15) is 18.4 Å². The van der Waals surface area contributed by atoms with Crippen LogP contribution < -0.4 is 10.1 Å². The number of carbonyl (C=O) groups excluding carboxylic acids is 2. The van der Waals surface area contributed by atoms with Gasteiger partial charge in [0, 0.05) is 0 Å². The Morgan fingerprint density at radius 1 is 1.03 bits per heavy atom. The lowest BCUT2D eigenvalue weighted by Crippen LogP contribution is -2.30. The third-order valence-corrected chi connectivity index (χ3v) is 4.51. The third kappa shape index (κ3) is 5.06. The molecule has 1 heterocycles. The topological polar surface area (TPSA) is 82.5 Å². The number of amides is 1. The molecule has 0 aliphatic carbocycles. The Bertz CT molecular complexity index is 1080. The Hall–Kier alpha value is -3.75. The Balaban J connectivity index is 1.73. The maximum Gasteiger partial charge on any atom is 0.387 e. The number of carbonyl (C=O) groups is 2. The molecule has 1 atom stereocenters. The van der Waals surface area contributed by atoms with Gasteiger partial charge >= 0.3 is 12.6 Å². The van der Waals surface area contributed by atoms with Crippen LogP contribution in [0.2, 0.25) is 0 Å². The van der Waals surface area contributed by atoms with Gasteiger partial charge in [-0.25, -0.2) is 9.48 Å². The molecule has 0 fully saturated rings. The zero-order chi connectivity index (χ0) is 22.5. The predicted molar refractivity (Wildman–Crippen MR) is 110 cm³/mol. The van der Waals surface area contributed by atoms with Gasteiger partial charge in [0.15, 0.2) is 6.10 Å². The minimum absolute atomic E-state index is 0.0416. The minimum atomic E-state index is -3.04. The Kier molecular flexibility index (Phi) is 6.64. The molecule has 2 aromatic carbocycles. The number of nitrogens with zero attached hydrogens (tertiary/aromatic N) is 2. The number of anilines is 1. The van der Waals surface area contributed by atoms with Crippen molar-refractivity contribution in [2.24, 2.45) is 0 Å². The summed E-state index contributed by atoms with van der Waals surface area (Å²) in [6.07, 6.45) is -1.19. The molecule has 0 bridgehead atoms. The number of benzene rings is 2. The van der Waals surface area contributed by atoms with E-state index in [4.69, 9.17) is 4.74 Å². The van der Waals surface area contributed by atoms with Gasteiger partial charge in [0.25, 0.3) is 5.91 Å². The van der Waals surface area contributed by atoms with E-state index in [2.05, 4.69) is 15.2 Å². The van der Waals surface area contributed by atoms with E-state index in [-0.39, 0.29) is 17.0 Å². The number of ether oxygens (including phenoxy) is 2. The van der Waals surface area contributed by atoms with Crippen molar-refractivity contribution in [3.8, 4) is 11.4 Å². The van der Waals surface area contributed by atoms with Gasteiger partial charge in [0.2, 0.25) is 0 Å². The number of aryl methyl sites for hydroxylation is 1. The molecule has 0 aliphatic rings. The Labute approximate surface area is 177 Å². The van der Waals surface area contributed by atoms with Gasteiger partial charge in [0.1, 0.15) is 11.3 Å². The summed E-state index contributed by atoms with van der Waals surface area (Å²) in [5, 5.41) is 6.83. The summed E-state index contributed by atoms with van der Waals surface area (Å²) in [7, 11) is 0. The highest BCUT2D eigenvalue weighted by Gasteiger charge is 2.25. The first kappa shape index (κ1) is 21.9. The molecule has 0 saturated heterocycles. The molecular weight excluding hydrogens is 408 g/mol.